The molecule has 1 atom stereocenters. The van der Waals surface area contributed by atoms with E-state index >= 15 is 0 Å². The molecule has 1 unspecified atom stereocenters. The Balaban J connectivity index is 1.38. The first-order valence-electron chi connectivity index (χ1n) is 10.1. The van der Waals surface area contributed by atoms with Gasteiger partial charge in [-0.3, -0.25) is 24.5 Å². The van der Waals surface area contributed by atoms with Crippen molar-refractivity contribution in [2.24, 2.45) is 0 Å². The summed E-state index contributed by atoms with van der Waals surface area (Å²) in [5.41, 5.74) is 2.80. The summed E-state index contributed by atoms with van der Waals surface area (Å²) < 4.78 is 5.14. The van der Waals surface area contributed by atoms with Gasteiger partial charge in [0, 0.05) is 36.6 Å². The Labute approximate surface area is 184 Å². The van der Waals surface area contributed by atoms with Crippen LogP contribution in [-0.2, 0) is 27.5 Å². The molecule has 4 rings (SSSR count). The summed E-state index contributed by atoms with van der Waals surface area (Å²) in [5.74, 6) is 4.60. The average molecular weight is 431 g/mol. The number of imide groups is 1. The Morgan fingerprint density at radius 3 is 2.84 bits per heavy atom. The van der Waals surface area contributed by atoms with Crippen molar-refractivity contribution >= 4 is 23.6 Å². The van der Waals surface area contributed by atoms with Crippen LogP contribution in [0.2, 0.25) is 0 Å². The van der Waals surface area contributed by atoms with E-state index in [1.54, 1.807) is 43.5 Å². The number of ether oxygens (including phenoxy) is 1. The largest absolute Gasteiger partial charge is 0.497 e. The van der Waals surface area contributed by atoms with Crippen molar-refractivity contribution in [3.05, 3.63) is 64.7 Å². The molecule has 1 fully saturated rings. The SMILES string of the molecule is COc1cccc(C#CC(=O)NCc2ccc3c(c2)CN(C2CCC(=O)NC2=O)C3=O)c1. The molecular formula is C24H21N3O5. The number of methoxy groups -OCH3 is 1. The zero-order valence-electron chi connectivity index (χ0n) is 17.4. The van der Waals surface area contributed by atoms with Crippen LogP contribution in [0.25, 0.3) is 0 Å². The van der Waals surface area contributed by atoms with Gasteiger partial charge in [-0.25, -0.2) is 0 Å². The second-order valence-corrected chi connectivity index (χ2v) is 7.56. The predicted octanol–water partition coefficient (Wildman–Crippen LogP) is 1.12. The lowest BCUT2D eigenvalue weighted by atomic mass is 10.0. The van der Waals surface area contributed by atoms with Crippen LogP contribution in [0, 0.1) is 11.8 Å². The number of carbonyl (C=O) groups excluding carboxylic acids is 4. The van der Waals surface area contributed by atoms with E-state index in [9.17, 15) is 19.2 Å². The molecule has 2 N–H and O–H groups in total. The quantitative estimate of drug-likeness (QED) is 0.558. The summed E-state index contributed by atoms with van der Waals surface area (Å²) in [6.45, 7) is 0.545. The van der Waals surface area contributed by atoms with E-state index in [2.05, 4.69) is 22.5 Å². The van der Waals surface area contributed by atoms with Crippen molar-refractivity contribution in [1.82, 2.24) is 15.5 Å². The molecule has 0 spiro atoms. The van der Waals surface area contributed by atoms with Crippen molar-refractivity contribution < 1.29 is 23.9 Å². The van der Waals surface area contributed by atoms with Crippen molar-refractivity contribution in [1.29, 1.82) is 0 Å². The highest BCUT2D eigenvalue weighted by Crippen LogP contribution is 2.28. The third kappa shape index (κ3) is 4.47. The number of carbonyl (C=O) groups is 4. The molecule has 2 aliphatic rings. The van der Waals surface area contributed by atoms with Gasteiger partial charge in [-0.15, -0.1) is 0 Å². The van der Waals surface area contributed by atoms with Crippen LogP contribution in [0.1, 0.15) is 39.9 Å². The fraction of sp³-hybridized carbons (Fsp3) is 0.250. The molecule has 8 nitrogen and oxygen atoms in total. The summed E-state index contributed by atoms with van der Waals surface area (Å²) in [7, 11) is 1.56. The number of piperidine rings is 1. The van der Waals surface area contributed by atoms with E-state index in [1.807, 2.05) is 6.07 Å². The van der Waals surface area contributed by atoms with E-state index in [1.165, 1.54) is 4.90 Å². The number of hydrogen-bond acceptors (Lipinski definition) is 5. The van der Waals surface area contributed by atoms with Gasteiger partial charge in [-0.05, 0) is 41.8 Å². The van der Waals surface area contributed by atoms with Crippen LogP contribution >= 0.6 is 0 Å². The second-order valence-electron chi connectivity index (χ2n) is 7.56. The number of amides is 4. The first-order chi connectivity index (χ1) is 15.4. The summed E-state index contributed by atoms with van der Waals surface area (Å²) >= 11 is 0. The number of benzene rings is 2. The van der Waals surface area contributed by atoms with Gasteiger partial charge in [0.15, 0.2) is 0 Å². The molecule has 32 heavy (non-hydrogen) atoms. The molecule has 0 radical (unpaired) electrons. The van der Waals surface area contributed by atoms with Crippen molar-refractivity contribution in [2.75, 3.05) is 7.11 Å². The molecule has 2 aromatic carbocycles. The zero-order chi connectivity index (χ0) is 22.7. The Bertz CT molecular complexity index is 1180. The molecule has 4 amide bonds. The Hall–Kier alpha value is -4.12. The Morgan fingerprint density at radius 2 is 2.06 bits per heavy atom. The highest BCUT2D eigenvalue weighted by Gasteiger charge is 2.38. The summed E-state index contributed by atoms with van der Waals surface area (Å²) in [6.07, 6.45) is 0.532. The number of hydrogen-bond donors (Lipinski definition) is 2. The fourth-order valence-corrected chi connectivity index (χ4v) is 3.79. The summed E-state index contributed by atoms with van der Waals surface area (Å²) in [5, 5.41) is 5.03. The zero-order valence-corrected chi connectivity index (χ0v) is 17.4. The van der Waals surface area contributed by atoms with Gasteiger partial charge in [0.25, 0.3) is 11.8 Å². The third-order valence-electron chi connectivity index (χ3n) is 5.43. The number of rotatable bonds is 4. The average Bonchev–Trinajstić information content (AvgIpc) is 3.12. The smallest absolute Gasteiger partial charge is 0.296 e. The second kappa shape index (κ2) is 8.94. The van der Waals surface area contributed by atoms with Gasteiger partial charge in [0.1, 0.15) is 11.8 Å². The van der Waals surface area contributed by atoms with Crippen molar-refractivity contribution in [3.63, 3.8) is 0 Å². The standard InChI is InChI=1S/C24H21N3O5/c1-32-18-4-2-3-15(12-18)6-9-21(28)25-13-16-5-7-19-17(11-16)14-27(24(19)31)20-8-10-22(29)26-23(20)30/h2-5,7,11-12,20H,8,10,13-14H2,1H3,(H,25,28)(H,26,29,30). The molecule has 0 aliphatic carbocycles. The van der Waals surface area contributed by atoms with E-state index in [4.69, 9.17) is 4.74 Å². The maximum atomic E-state index is 12.7. The molecule has 162 valence electrons. The van der Waals surface area contributed by atoms with E-state index in [0.29, 0.717) is 23.3 Å². The highest BCUT2D eigenvalue weighted by atomic mass is 16.5. The molecule has 2 heterocycles. The minimum atomic E-state index is -0.650. The van der Waals surface area contributed by atoms with Crippen LogP contribution < -0.4 is 15.4 Å². The predicted molar refractivity (Wildman–Crippen MR) is 114 cm³/mol. The van der Waals surface area contributed by atoms with Gasteiger partial charge >= 0.3 is 0 Å². The summed E-state index contributed by atoms with van der Waals surface area (Å²) in [6, 6.07) is 11.8. The van der Waals surface area contributed by atoms with Gasteiger partial charge in [0.2, 0.25) is 11.8 Å². The van der Waals surface area contributed by atoms with Crippen molar-refractivity contribution in [3.8, 4) is 17.6 Å². The van der Waals surface area contributed by atoms with Gasteiger partial charge in [-0.2, -0.15) is 0 Å². The van der Waals surface area contributed by atoms with Crippen LogP contribution in [0.5, 0.6) is 5.75 Å². The molecule has 1 saturated heterocycles. The van der Waals surface area contributed by atoms with Crippen LogP contribution in [0.3, 0.4) is 0 Å². The first-order valence-corrected chi connectivity index (χ1v) is 10.1. The molecule has 8 heteroatoms. The molecular weight excluding hydrogens is 410 g/mol. The van der Waals surface area contributed by atoms with Crippen molar-refractivity contribution in [2.45, 2.75) is 32.0 Å². The van der Waals surface area contributed by atoms with E-state index in [0.717, 1.165) is 11.1 Å². The number of fused-ring (bicyclic) bond motifs is 1. The van der Waals surface area contributed by atoms with Crippen LogP contribution in [0.4, 0.5) is 0 Å². The van der Waals surface area contributed by atoms with Crippen LogP contribution in [0.15, 0.2) is 42.5 Å². The van der Waals surface area contributed by atoms with Gasteiger partial charge < -0.3 is 15.0 Å². The monoisotopic (exact) mass is 431 g/mol. The first kappa shape index (κ1) is 21.1. The highest BCUT2D eigenvalue weighted by molar-refractivity contribution is 6.05. The molecule has 0 aromatic heterocycles. The fourth-order valence-electron chi connectivity index (χ4n) is 3.79. The normalized spacial score (nSPS) is 17.2. The Kier molecular flexibility index (Phi) is 5.90. The number of nitrogens with one attached hydrogen (secondary N) is 2. The van der Waals surface area contributed by atoms with Gasteiger partial charge in [0.05, 0.1) is 7.11 Å². The molecule has 2 aromatic rings. The minimum Gasteiger partial charge on any atom is -0.497 e. The minimum absolute atomic E-state index is 0.213. The maximum absolute atomic E-state index is 12.7. The van der Waals surface area contributed by atoms with Gasteiger partial charge in [-0.1, -0.05) is 24.1 Å². The lowest BCUT2D eigenvalue weighted by molar-refractivity contribution is -0.137. The van der Waals surface area contributed by atoms with E-state index < -0.39 is 17.9 Å². The van der Waals surface area contributed by atoms with E-state index in [-0.39, 0.29) is 31.3 Å². The molecule has 0 bridgehead atoms. The maximum Gasteiger partial charge on any atom is 0.296 e. The topological polar surface area (TPSA) is 105 Å². The molecule has 2 aliphatic heterocycles. The lowest BCUT2D eigenvalue weighted by Gasteiger charge is -2.29. The Morgan fingerprint density at radius 1 is 1.22 bits per heavy atom. The number of nitrogens with zero attached hydrogens (tertiary/aromatic N) is 1. The molecule has 0 saturated carbocycles. The summed E-state index contributed by atoms with van der Waals surface area (Å²) in [4.78, 5) is 49.8. The van der Waals surface area contributed by atoms with Crippen LogP contribution in [-0.4, -0.2) is 41.7 Å². The lowest BCUT2D eigenvalue weighted by Crippen LogP contribution is -2.52. The third-order valence-corrected chi connectivity index (χ3v) is 5.43.